The van der Waals surface area contributed by atoms with Crippen molar-refractivity contribution in [3.05, 3.63) is 51.7 Å². The molecule has 22 heavy (non-hydrogen) atoms. The Labute approximate surface area is 138 Å². The first-order chi connectivity index (χ1) is 10.1. The minimum absolute atomic E-state index is 0. The summed E-state index contributed by atoms with van der Waals surface area (Å²) in [6.45, 7) is 0.163. The zero-order chi connectivity index (χ0) is 15.6. The average Bonchev–Trinajstić information content (AvgIpc) is 2.74. The van der Waals surface area contributed by atoms with Gasteiger partial charge in [-0.15, -0.1) is 0 Å². The van der Waals surface area contributed by atoms with Crippen LogP contribution in [-0.2, 0) is 36.2 Å². The molecular formula is C16H11FeO4P. The minimum Gasteiger partial charge on any atom is -0.234 e. The van der Waals surface area contributed by atoms with Gasteiger partial charge in [-0.25, -0.2) is 19.2 Å². The SMILES string of the molecule is CC1=C(C)C(=C=O)P(=C=O)(C2C=CC=CC2=C=O)C1=C=O.[Fe]. The third-order valence-corrected chi connectivity index (χ3v) is 7.69. The van der Waals surface area contributed by atoms with Crippen molar-refractivity contribution in [2.45, 2.75) is 19.5 Å². The van der Waals surface area contributed by atoms with E-state index in [0.29, 0.717) is 11.1 Å². The van der Waals surface area contributed by atoms with Crippen LogP contribution >= 0.6 is 6.89 Å². The number of allylic oxidation sites excluding steroid dienone is 9. The number of carbonyl (C=O) groups excluding carboxylic acids is 4. The third-order valence-electron chi connectivity index (χ3n) is 3.85. The molecule has 0 amide bonds. The zero-order valence-electron chi connectivity index (χ0n) is 11.8. The van der Waals surface area contributed by atoms with Gasteiger partial charge in [0.25, 0.3) is 0 Å². The van der Waals surface area contributed by atoms with Gasteiger partial charge in [-0.05, 0) is 31.1 Å². The molecule has 0 aromatic rings. The second-order valence-corrected chi connectivity index (χ2v) is 7.79. The summed E-state index contributed by atoms with van der Waals surface area (Å²) in [5, 5.41) is 0.261. The van der Waals surface area contributed by atoms with Gasteiger partial charge in [0.05, 0.1) is 23.2 Å². The van der Waals surface area contributed by atoms with E-state index in [1.54, 1.807) is 49.9 Å². The van der Waals surface area contributed by atoms with Gasteiger partial charge in [-0.1, -0.05) is 18.2 Å². The van der Waals surface area contributed by atoms with Crippen LogP contribution in [0.3, 0.4) is 0 Å². The van der Waals surface area contributed by atoms with Gasteiger partial charge in [0.15, 0.2) is 0 Å². The van der Waals surface area contributed by atoms with Crippen LogP contribution in [0.4, 0.5) is 0 Å². The topological polar surface area (TPSA) is 68.3 Å². The molecule has 1 atom stereocenters. The number of hydrogen-bond donors (Lipinski definition) is 0. The average molecular weight is 354 g/mol. The standard InChI is InChI=1S/C16H11O4P.Fe/c1-11-12(2)16(9-19)21(10-20,15(11)8-18)14-6-4-3-5-13(14)7-17;/h3-6,14H,1-2H3;. The van der Waals surface area contributed by atoms with Crippen LogP contribution in [0.25, 0.3) is 0 Å². The third kappa shape index (κ3) is 2.29. The van der Waals surface area contributed by atoms with E-state index in [1.807, 2.05) is 5.66 Å². The fourth-order valence-corrected chi connectivity index (χ4v) is 6.35. The van der Waals surface area contributed by atoms with E-state index in [4.69, 9.17) is 0 Å². The molecule has 0 aromatic carbocycles. The van der Waals surface area contributed by atoms with Crippen molar-refractivity contribution in [3.63, 3.8) is 0 Å². The molecule has 0 saturated carbocycles. The van der Waals surface area contributed by atoms with Gasteiger partial charge in [0.1, 0.15) is 23.5 Å². The monoisotopic (exact) mass is 354 g/mol. The predicted octanol–water partition coefficient (Wildman–Crippen LogP) is 2.10. The van der Waals surface area contributed by atoms with Gasteiger partial charge >= 0.3 is 0 Å². The van der Waals surface area contributed by atoms with E-state index in [9.17, 15) is 19.2 Å². The Morgan fingerprint density at radius 1 is 0.909 bits per heavy atom. The van der Waals surface area contributed by atoms with Crippen molar-refractivity contribution in [2.75, 3.05) is 0 Å². The van der Waals surface area contributed by atoms with Gasteiger partial charge in [-0.3, -0.25) is 0 Å². The minimum atomic E-state index is -3.14. The predicted molar refractivity (Wildman–Crippen MR) is 80.7 cm³/mol. The van der Waals surface area contributed by atoms with E-state index in [-0.39, 0.29) is 33.3 Å². The quantitative estimate of drug-likeness (QED) is 0.411. The molecule has 6 heteroatoms. The number of hydrogen-bond acceptors (Lipinski definition) is 4. The molecule has 2 aliphatic rings. The normalized spacial score (nSPS) is 26.1. The van der Waals surface area contributed by atoms with E-state index < -0.39 is 12.5 Å². The van der Waals surface area contributed by atoms with E-state index >= 15 is 0 Å². The molecule has 0 saturated heterocycles. The molecule has 0 fully saturated rings. The maximum atomic E-state index is 11.8. The summed E-state index contributed by atoms with van der Waals surface area (Å²) in [5.74, 6) is 5.36. The van der Waals surface area contributed by atoms with Crippen LogP contribution in [0.5, 0.6) is 0 Å². The molecule has 2 rings (SSSR count). The second kappa shape index (κ2) is 6.91. The number of rotatable bonds is 1. The van der Waals surface area contributed by atoms with E-state index in [2.05, 4.69) is 0 Å². The molecule has 0 bridgehead atoms. The summed E-state index contributed by atoms with van der Waals surface area (Å²) in [6, 6.07) is 0. The molecule has 1 aliphatic heterocycles. The van der Waals surface area contributed by atoms with Crippen molar-refractivity contribution in [2.24, 2.45) is 0 Å². The van der Waals surface area contributed by atoms with Crippen LogP contribution < -0.4 is 0 Å². The summed E-state index contributed by atoms with van der Waals surface area (Å²) < 4.78 is 0. The van der Waals surface area contributed by atoms with Crippen molar-refractivity contribution in [1.29, 1.82) is 0 Å². The van der Waals surface area contributed by atoms with E-state index in [0.717, 1.165) is 0 Å². The van der Waals surface area contributed by atoms with Crippen LogP contribution in [0.2, 0.25) is 0 Å². The zero-order valence-corrected chi connectivity index (χ0v) is 13.8. The molecule has 0 aromatic heterocycles. The first-order valence-electron chi connectivity index (χ1n) is 6.16. The maximum Gasteiger partial charge on any atom is 0.134 e. The molecule has 1 heterocycles. The molecule has 4 nitrogen and oxygen atoms in total. The van der Waals surface area contributed by atoms with E-state index in [1.165, 1.54) is 6.08 Å². The van der Waals surface area contributed by atoms with Crippen molar-refractivity contribution >= 4 is 30.4 Å². The molecule has 1 unspecified atom stereocenters. The molecular weight excluding hydrogens is 343 g/mol. The fraction of sp³-hybridized carbons (Fsp3) is 0.188. The summed E-state index contributed by atoms with van der Waals surface area (Å²) in [4.78, 5) is 45.8. The van der Waals surface area contributed by atoms with Crippen LogP contribution in [0.15, 0.2) is 51.7 Å². The Hall–Kier alpha value is -1.90. The molecule has 0 N–H and O–H groups in total. The van der Waals surface area contributed by atoms with Crippen molar-refractivity contribution < 1.29 is 36.2 Å². The Kier molecular flexibility index (Phi) is 5.70. The largest absolute Gasteiger partial charge is 0.234 e. The van der Waals surface area contributed by atoms with Gasteiger partial charge < -0.3 is 0 Å². The molecule has 112 valence electrons. The van der Waals surface area contributed by atoms with Gasteiger partial charge in [0, 0.05) is 22.6 Å². The molecule has 1 aliphatic carbocycles. The van der Waals surface area contributed by atoms with Gasteiger partial charge in [0.2, 0.25) is 0 Å². The summed E-state index contributed by atoms with van der Waals surface area (Å²) in [7, 11) is 0. The van der Waals surface area contributed by atoms with Crippen molar-refractivity contribution in [3.8, 4) is 0 Å². The molecule has 0 radical (unpaired) electrons. The first kappa shape index (κ1) is 18.1. The summed E-state index contributed by atoms with van der Waals surface area (Å²) in [5.41, 5.74) is 2.49. The Balaban J connectivity index is 0.00000242. The van der Waals surface area contributed by atoms with Crippen LogP contribution in [0, 0.1) is 0 Å². The Bertz CT molecular complexity index is 811. The summed E-state index contributed by atoms with van der Waals surface area (Å²) >= 11 is 0. The fourth-order valence-electron chi connectivity index (χ4n) is 2.68. The smallest absolute Gasteiger partial charge is 0.134 e. The maximum absolute atomic E-state index is 11.8. The van der Waals surface area contributed by atoms with Gasteiger partial charge in [-0.2, -0.15) is 0 Å². The van der Waals surface area contributed by atoms with Crippen molar-refractivity contribution in [1.82, 2.24) is 0 Å². The Morgan fingerprint density at radius 2 is 1.45 bits per heavy atom. The molecule has 0 spiro atoms. The second-order valence-electron chi connectivity index (χ2n) is 4.71. The van der Waals surface area contributed by atoms with Crippen LogP contribution in [-0.4, -0.2) is 29.1 Å². The Morgan fingerprint density at radius 3 is 1.86 bits per heavy atom. The first-order valence-corrected chi connectivity index (χ1v) is 8.01. The van der Waals surface area contributed by atoms with Crippen LogP contribution in [0.1, 0.15) is 13.8 Å². The summed E-state index contributed by atoms with van der Waals surface area (Å²) in [6.07, 6.45) is 6.44.